The number of hydrogen-bond donors (Lipinski definition) is 0. The first kappa shape index (κ1) is 28.9. The van der Waals surface area contributed by atoms with E-state index < -0.39 is 17.3 Å². The minimum Gasteiger partial charge on any atom is -0.444 e. The fourth-order valence-electron chi connectivity index (χ4n) is 5.42. The van der Waals surface area contributed by atoms with Crippen LogP contribution in [0.15, 0.2) is 48.7 Å². The van der Waals surface area contributed by atoms with Crippen LogP contribution in [0.2, 0.25) is 0 Å². The van der Waals surface area contributed by atoms with Crippen molar-refractivity contribution in [2.45, 2.75) is 57.9 Å². The highest BCUT2D eigenvalue weighted by Crippen LogP contribution is 2.31. The summed E-state index contributed by atoms with van der Waals surface area (Å²) < 4.78 is 45.7. The Morgan fingerprint density at radius 1 is 0.902 bits per heavy atom. The second kappa shape index (κ2) is 11.3. The van der Waals surface area contributed by atoms with E-state index in [1.807, 2.05) is 39.1 Å². The first-order valence-corrected chi connectivity index (χ1v) is 14.0. The van der Waals surface area contributed by atoms with Crippen LogP contribution in [0.1, 0.15) is 66.7 Å². The first-order chi connectivity index (χ1) is 19.4. The summed E-state index contributed by atoms with van der Waals surface area (Å²) in [6.45, 7) is 9.71. The molecule has 2 fully saturated rings. The number of likely N-dealkylation sites (tertiary alicyclic amines) is 1. The molecule has 3 aromatic rings. The molecule has 2 aliphatic heterocycles. The predicted octanol–water partition coefficient (Wildman–Crippen LogP) is 5.43. The van der Waals surface area contributed by atoms with Crippen molar-refractivity contribution in [3.05, 3.63) is 71.0 Å². The topological polar surface area (TPSA) is 70.4 Å². The number of nitrogens with zero attached hydrogens (tertiary/aromatic N) is 5. The lowest BCUT2D eigenvalue weighted by molar-refractivity contribution is -0.137. The fraction of sp³-hybridized carbons (Fsp3) is 0.500. The molecule has 0 N–H and O–H groups in total. The lowest BCUT2D eigenvalue weighted by Gasteiger charge is -2.34. The maximum atomic E-state index is 13.2. The van der Waals surface area contributed by atoms with Crippen molar-refractivity contribution in [1.82, 2.24) is 24.3 Å². The van der Waals surface area contributed by atoms with Gasteiger partial charge in [-0.1, -0.05) is 12.1 Å². The third-order valence-electron chi connectivity index (χ3n) is 7.67. The Labute approximate surface area is 237 Å². The lowest BCUT2D eigenvalue weighted by Crippen LogP contribution is -2.48. The number of pyridine rings is 1. The van der Waals surface area contributed by atoms with E-state index in [9.17, 15) is 22.8 Å². The van der Waals surface area contributed by atoms with Gasteiger partial charge < -0.3 is 14.5 Å². The number of carbonyl (C=O) groups excluding carboxylic acids is 2. The van der Waals surface area contributed by atoms with Gasteiger partial charge in [-0.25, -0.2) is 9.31 Å². The zero-order valence-electron chi connectivity index (χ0n) is 23.7. The molecule has 8 nitrogen and oxygen atoms in total. The Hall–Kier alpha value is -3.60. The van der Waals surface area contributed by atoms with Crippen molar-refractivity contribution >= 4 is 17.5 Å². The molecule has 0 saturated carbocycles. The number of amides is 2. The zero-order chi connectivity index (χ0) is 29.4. The number of ether oxygens (including phenoxy) is 1. The van der Waals surface area contributed by atoms with Gasteiger partial charge in [-0.2, -0.15) is 18.3 Å². The van der Waals surface area contributed by atoms with Crippen LogP contribution in [0, 0.1) is 0 Å². The van der Waals surface area contributed by atoms with Crippen LogP contribution in [0.4, 0.5) is 18.0 Å². The monoisotopic (exact) mass is 571 g/mol. The van der Waals surface area contributed by atoms with Crippen molar-refractivity contribution in [3.63, 3.8) is 0 Å². The molecule has 4 heterocycles. The van der Waals surface area contributed by atoms with E-state index >= 15 is 0 Å². The highest BCUT2D eigenvalue weighted by molar-refractivity contribution is 5.93. The van der Waals surface area contributed by atoms with E-state index in [-0.39, 0.29) is 12.0 Å². The number of rotatable bonds is 4. The SMILES string of the molecule is CC(C)(C)OC(=O)N1CCC(c2ccn3nc(C(=O)N4CCN(Cc5ccc(C(F)(F)F)cc5)CC4)cc3c2)CC1. The summed E-state index contributed by atoms with van der Waals surface area (Å²) in [5, 5.41) is 4.51. The molecule has 0 radical (unpaired) electrons. The number of carbonyl (C=O) groups is 2. The van der Waals surface area contributed by atoms with Gasteiger partial charge in [-0.15, -0.1) is 0 Å². The molecule has 2 aromatic heterocycles. The predicted molar refractivity (Wildman–Crippen MR) is 148 cm³/mol. The molecule has 2 saturated heterocycles. The minimum absolute atomic E-state index is 0.130. The van der Waals surface area contributed by atoms with E-state index in [0.29, 0.717) is 57.4 Å². The van der Waals surface area contributed by atoms with Gasteiger partial charge in [-0.05, 0) is 81.0 Å². The average molecular weight is 572 g/mol. The Morgan fingerprint density at radius 2 is 1.56 bits per heavy atom. The van der Waals surface area contributed by atoms with Gasteiger partial charge in [0.15, 0.2) is 5.69 Å². The van der Waals surface area contributed by atoms with E-state index in [2.05, 4.69) is 16.1 Å². The molecule has 0 bridgehead atoms. The largest absolute Gasteiger partial charge is 0.444 e. The molecule has 0 aliphatic carbocycles. The summed E-state index contributed by atoms with van der Waals surface area (Å²) in [5.41, 5.74) is 2.04. The van der Waals surface area contributed by atoms with Gasteiger partial charge in [0, 0.05) is 52.0 Å². The van der Waals surface area contributed by atoms with Crippen molar-refractivity contribution in [2.24, 2.45) is 0 Å². The molecule has 41 heavy (non-hydrogen) atoms. The van der Waals surface area contributed by atoms with Crippen LogP contribution in [-0.4, -0.2) is 81.2 Å². The minimum atomic E-state index is -4.34. The second-order valence-electron chi connectivity index (χ2n) is 11.9. The van der Waals surface area contributed by atoms with Crippen molar-refractivity contribution in [2.75, 3.05) is 39.3 Å². The standard InChI is InChI=1S/C30H36F3N5O3/c1-29(2,3)41-28(40)37-11-8-22(9-12-37)23-10-13-38-25(18-23)19-26(34-38)27(39)36-16-14-35(15-17-36)20-21-4-6-24(7-5-21)30(31,32)33/h4-7,10,13,18-19,22H,8-9,11-12,14-17,20H2,1-3H3. The Balaban J connectivity index is 1.15. The summed E-state index contributed by atoms with van der Waals surface area (Å²) in [7, 11) is 0. The molecule has 1 aromatic carbocycles. The van der Waals surface area contributed by atoms with Crippen molar-refractivity contribution < 1.29 is 27.5 Å². The lowest BCUT2D eigenvalue weighted by atomic mass is 9.90. The number of fused-ring (bicyclic) bond motifs is 1. The second-order valence-corrected chi connectivity index (χ2v) is 11.9. The molecule has 220 valence electrons. The van der Waals surface area contributed by atoms with E-state index in [1.165, 1.54) is 12.1 Å². The maximum Gasteiger partial charge on any atom is 0.416 e. The van der Waals surface area contributed by atoms with Crippen LogP contribution in [-0.2, 0) is 17.5 Å². The van der Waals surface area contributed by atoms with E-state index in [0.717, 1.165) is 41.6 Å². The molecule has 0 atom stereocenters. The zero-order valence-corrected chi connectivity index (χ0v) is 23.7. The Bertz CT molecular complexity index is 1380. The number of halogens is 3. The molecular weight excluding hydrogens is 535 g/mol. The number of alkyl halides is 3. The van der Waals surface area contributed by atoms with Gasteiger partial charge in [0.25, 0.3) is 5.91 Å². The highest BCUT2D eigenvalue weighted by atomic mass is 19.4. The summed E-state index contributed by atoms with van der Waals surface area (Å²) >= 11 is 0. The number of aromatic nitrogens is 2. The average Bonchev–Trinajstić information content (AvgIpc) is 3.36. The van der Waals surface area contributed by atoms with Gasteiger partial charge in [-0.3, -0.25) is 9.69 Å². The van der Waals surface area contributed by atoms with Gasteiger partial charge >= 0.3 is 12.3 Å². The Morgan fingerprint density at radius 3 is 2.17 bits per heavy atom. The van der Waals surface area contributed by atoms with Gasteiger partial charge in [0.2, 0.25) is 0 Å². The molecule has 5 rings (SSSR count). The summed E-state index contributed by atoms with van der Waals surface area (Å²) in [4.78, 5) is 31.3. The Kier molecular flexibility index (Phi) is 8.00. The van der Waals surface area contributed by atoms with Crippen molar-refractivity contribution in [3.8, 4) is 0 Å². The maximum absolute atomic E-state index is 13.2. The third-order valence-corrected chi connectivity index (χ3v) is 7.67. The van der Waals surface area contributed by atoms with Crippen molar-refractivity contribution in [1.29, 1.82) is 0 Å². The van der Waals surface area contributed by atoms with Gasteiger partial charge in [0.05, 0.1) is 11.1 Å². The van der Waals surface area contributed by atoms with E-state index in [1.54, 1.807) is 14.3 Å². The van der Waals surface area contributed by atoms with E-state index in [4.69, 9.17) is 4.74 Å². The molecule has 0 spiro atoms. The number of benzene rings is 1. The first-order valence-electron chi connectivity index (χ1n) is 14.0. The third kappa shape index (κ3) is 7.01. The molecular formula is C30H36F3N5O3. The smallest absolute Gasteiger partial charge is 0.416 e. The number of piperazine rings is 1. The summed E-state index contributed by atoms with van der Waals surface area (Å²) in [6, 6.07) is 11.1. The van der Waals surface area contributed by atoms with Crippen LogP contribution < -0.4 is 0 Å². The number of piperidine rings is 1. The molecule has 2 aliphatic rings. The summed E-state index contributed by atoms with van der Waals surface area (Å²) in [5.74, 6) is 0.181. The van der Waals surface area contributed by atoms with Crippen LogP contribution in [0.3, 0.4) is 0 Å². The fourth-order valence-corrected chi connectivity index (χ4v) is 5.42. The number of hydrogen-bond acceptors (Lipinski definition) is 5. The van der Waals surface area contributed by atoms with Crippen LogP contribution in [0.25, 0.3) is 5.52 Å². The van der Waals surface area contributed by atoms with Crippen LogP contribution in [0.5, 0.6) is 0 Å². The summed E-state index contributed by atoms with van der Waals surface area (Å²) in [6.07, 6.45) is -1.06. The highest BCUT2D eigenvalue weighted by Gasteiger charge is 2.31. The van der Waals surface area contributed by atoms with Crippen LogP contribution >= 0.6 is 0 Å². The molecule has 11 heteroatoms. The molecule has 0 unspecified atom stereocenters. The molecule has 2 amide bonds. The normalized spacial score (nSPS) is 17.7. The quantitative estimate of drug-likeness (QED) is 0.418. The van der Waals surface area contributed by atoms with Gasteiger partial charge in [0.1, 0.15) is 5.60 Å².